The van der Waals surface area contributed by atoms with Gasteiger partial charge in [0.05, 0.1) is 18.5 Å². The van der Waals surface area contributed by atoms with Gasteiger partial charge in [0, 0.05) is 36.8 Å². The van der Waals surface area contributed by atoms with Crippen LogP contribution < -0.4 is 9.64 Å². The molecule has 0 aliphatic rings. The summed E-state index contributed by atoms with van der Waals surface area (Å²) < 4.78 is 7.12. The predicted octanol–water partition coefficient (Wildman–Crippen LogP) is 6.10. The van der Waals surface area contributed by atoms with Gasteiger partial charge in [-0.2, -0.15) is 5.10 Å². The fourth-order valence-corrected chi connectivity index (χ4v) is 4.10. The normalized spacial score (nSPS) is 10.4. The Kier molecular flexibility index (Phi) is 8.56. The maximum Gasteiger partial charge on any atom is 0.226 e. The molecule has 0 N–H and O–H groups in total. The van der Waals surface area contributed by atoms with Crippen LogP contribution in [0.5, 0.6) is 5.75 Å². The van der Waals surface area contributed by atoms with Gasteiger partial charge in [-0.1, -0.05) is 79.6 Å². The number of nitrogens with zero attached hydrogens (tertiary/aromatic N) is 3. The van der Waals surface area contributed by atoms with Crippen LogP contribution in [0.2, 0.25) is 0 Å². The Hall–Kier alpha value is -4.30. The van der Waals surface area contributed by atoms with Crippen molar-refractivity contribution in [1.29, 1.82) is 0 Å². The lowest BCUT2D eigenvalue weighted by molar-refractivity contribution is -0.114. The molecule has 0 atom stereocenters. The summed E-state index contributed by atoms with van der Waals surface area (Å²) in [5.74, 6) is 6.58. The zero-order valence-corrected chi connectivity index (χ0v) is 20.9. The van der Waals surface area contributed by atoms with Crippen molar-refractivity contribution >= 4 is 11.5 Å². The molecule has 0 saturated carbocycles. The highest BCUT2D eigenvalue weighted by atomic mass is 16.5. The van der Waals surface area contributed by atoms with Gasteiger partial charge in [-0.05, 0) is 36.1 Å². The first-order valence-electron chi connectivity index (χ1n) is 12.3. The van der Waals surface area contributed by atoms with E-state index < -0.39 is 0 Å². The monoisotopic (exact) mass is 477 g/mol. The fraction of sp³-hybridized carbons (Fsp3) is 0.226. The van der Waals surface area contributed by atoms with Crippen LogP contribution >= 0.6 is 0 Å². The molecule has 0 fully saturated rings. The highest BCUT2D eigenvalue weighted by Crippen LogP contribution is 2.26. The maximum atomic E-state index is 12.8. The minimum Gasteiger partial charge on any atom is -0.497 e. The lowest BCUT2D eigenvalue weighted by Gasteiger charge is -2.23. The van der Waals surface area contributed by atoms with Crippen LogP contribution in [0.4, 0.5) is 5.69 Å². The van der Waals surface area contributed by atoms with Crippen molar-refractivity contribution in [1.82, 2.24) is 9.78 Å². The number of hydrogen-bond acceptors (Lipinski definition) is 4. The van der Waals surface area contributed by atoms with Crippen molar-refractivity contribution in [2.24, 2.45) is 0 Å². The molecule has 3 aromatic carbocycles. The number of hydrogen-bond donors (Lipinski definition) is 0. The quantitative estimate of drug-likeness (QED) is 0.204. The van der Waals surface area contributed by atoms with Crippen molar-refractivity contribution in [3.8, 4) is 40.1 Å². The highest BCUT2D eigenvalue weighted by Gasteiger charge is 2.13. The van der Waals surface area contributed by atoms with Gasteiger partial charge >= 0.3 is 0 Å². The molecule has 0 aliphatic carbocycles. The molecule has 4 rings (SSSR count). The van der Waals surface area contributed by atoms with E-state index >= 15 is 0 Å². The lowest BCUT2D eigenvalue weighted by atomic mass is 10.1. The van der Waals surface area contributed by atoms with Crippen LogP contribution in [0.15, 0.2) is 91.0 Å². The van der Waals surface area contributed by atoms with E-state index in [4.69, 9.17) is 9.84 Å². The third-order valence-electron chi connectivity index (χ3n) is 5.86. The van der Waals surface area contributed by atoms with Crippen LogP contribution in [0.1, 0.15) is 19.8 Å². The summed E-state index contributed by atoms with van der Waals surface area (Å²) in [6.07, 6.45) is 1.62. The van der Waals surface area contributed by atoms with Crippen LogP contribution in [-0.2, 0) is 11.3 Å². The number of rotatable bonds is 10. The summed E-state index contributed by atoms with van der Waals surface area (Å²) in [6, 6.07) is 30.1. The van der Waals surface area contributed by atoms with Crippen molar-refractivity contribution in [2.75, 3.05) is 25.1 Å². The van der Waals surface area contributed by atoms with E-state index in [1.807, 2.05) is 84.9 Å². The van der Waals surface area contributed by atoms with Crippen LogP contribution in [0.25, 0.3) is 22.5 Å². The van der Waals surface area contributed by atoms with E-state index in [2.05, 4.69) is 29.7 Å². The van der Waals surface area contributed by atoms with Gasteiger partial charge in [0.15, 0.2) is 0 Å². The van der Waals surface area contributed by atoms with E-state index in [0.717, 1.165) is 53.5 Å². The van der Waals surface area contributed by atoms with Crippen molar-refractivity contribution in [3.05, 3.63) is 91.0 Å². The standard InChI is InChI=1S/C31H31N3O2/c1-3-20-33(27-17-12-19-29(22-27)36-2)21-11-10-18-28(35)24-34-31(26-15-8-5-9-16-26)23-30(32-34)25-13-6-4-7-14-25/h4-9,12-17,19,22-23H,3,11,20-21,24H2,1-2H3. The predicted molar refractivity (Wildman–Crippen MR) is 146 cm³/mol. The fourth-order valence-electron chi connectivity index (χ4n) is 4.10. The molecule has 36 heavy (non-hydrogen) atoms. The lowest BCUT2D eigenvalue weighted by Crippen LogP contribution is -2.25. The van der Waals surface area contributed by atoms with Gasteiger partial charge in [-0.15, -0.1) is 0 Å². The Morgan fingerprint density at radius 2 is 1.64 bits per heavy atom. The minimum absolute atomic E-state index is 0.110. The summed E-state index contributed by atoms with van der Waals surface area (Å²) in [6.45, 7) is 3.92. The zero-order valence-electron chi connectivity index (χ0n) is 20.9. The third-order valence-corrected chi connectivity index (χ3v) is 5.86. The molecular formula is C31H31N3O2. The van der Waals surface area contributed by atoms with Crippen molar-refractivity contribution < 1.29 is 9.53 Å². The maximum absolute atomic E-state index is 12.8. The topological polar surface area (TPSA) is 47.4 Å². The molecule has 0 saturated heterocycles. The largest absolute Gasteiger partial charge is 0.497 e. The van der Waals surface area contributed by atoms with E-state index in [0.29, 0.717) is 6.42 Å². The molecule has 4 aromatic rings. The molecule has 1 heterocycles. The van der Waals surface area contributed by atoms with Gasteiger partial charge < -0.3 is 9.64 Å². The molecule has 5 nitrogen and oxygen atoms in total. The van der Waals surface area contributed by atoms with Crippen molar-refractivity contribution in [2.45, 2.75) is 26.3 Å². The average molecular weight is 478 g/mol. The Bertz CT molecular complexity index is 1330. The number of ether oxygens (including phenoxy) is 1. The Balaban J connectivity index is 1.46. The Labute approximate surface area is 213 Å². The molecular weight excluding hydrogens is 446 g/mol. The van der Waals surface area contributed by atoms with E-state index in [1.54, 1.807) is 11.8 Å². The number of Topliss-reactive ketones (excluding diaryl/α,β-unsaturated/α-hetero) is 1. The zero-order chi connectivity index (χ0) is 25.2. The van der Waals surface area contributed by atoms with Crippen LogP contribution in [0, 0.1) is 11.8 Å². The summed E-state index contributed by atoms with van der Waals surface area (Å²) in [5.41, 5.74) is 4.87. The van der Waals surface area contributed by atoms with Crippen molar-refractivity contribution in [3.63, 3.8) is 0 Å². The molecule has 0 bridgehead atoms. The number of aromatic nitrogens is 2. The summed E-state index contributed by atoms with van der Waals surface area (Å²) in [5, 5.41) is 4.74. The minimum atomic E-state index is -0.154. The Morgan fingerprint density at radius 3 is 2.33 bits per heavy atom. The van der Waals surface area contributed by atoms with Gasteiger partial charge in [0.25, 0.3) is 0 Å². The second-order valence-corrected chi connectivity index (χ2v) is 8.47. The molecule has 0 unspecified atom stereocenters. The third kappa shape index (κ3) is 6.43. The number of methoxy groups -OCH3 is 1. The second kappa shape index (κ2) is 12.4. The van der Waals surface area contributed by atoms with Gasteiger partial charge in [-0.3, -0.25) is 9.48 Å². The number of carbonyl (C=O) groups is 1. The van der Waals surface area contributed by atoms with Gasteiger partial charge in [0.1, 0.15) is 12.3 Å². The first-order valence-corrected chi connectivity index (χ1v) is 12.3. The molecule has 0 aliphatic heterocycles. The average Bonchev–Trinajstić information content (AvgIpc) is 3.35. The van der Waals surface area contributed by atoms with E-state index in [1.165, 1.54) is 0 Å². The van der Waals surface area contributed by atoms with E-state index in [9.17, 15) is 4.79 Å². The first-order chi connectivity index (χ1) is 17.7. The summed E-state index contributed by atoms with van der Waals surface area (Å²) in [4.78, 5) is 15.1. The molecule has 182 valence electrons. The van der Waals surface area contributed by atoms with E-state index in [-0.39, 0.29) is 12.3 Å². The highest BCUT2D eigenvalue weighted by molar-refractivity contribution is 5.95. The molecule has 0 amide bonds. The smallest absolute Gasteiger partial charge is 0.226 e. The molecule has 5 heteroatoms. The van der Waals surface area contributed by atoms with Gasteiger partial charge in [0.2, 0.25) is 5.78 Å². The number of carbonyl (C=O) groups excluding carboxylic acids is 1. The number of benzene rings is 3. The summed E-state index contributed by atoms with van der Waals surface area (Å²) >= 11 is 0. The van der Waals surface area contributed by atoms with Crippen LogP contribution in [-0.4, -0.2) is 35.8 Å². The second-order valence-electron chi connectivity index (χ2n) is 8.47. The first kappa shape index (κ1) is 24.8. The molecule has 0 spiro atoms. The van der Waals surface area contributed by atoms with Gasteiger partial charge in [-0.25, -0.2) is 0 Å². The SMILES string of the molecule is CCCN(CCC#CC(=O)Cn1nc(-c2ccccc2)cc1-c1ccccc1)c1cccc(OC)c1. The molecule has 0 radical (unpaired) electrons. The Morgan fingerprint density at radius 1 is 0.917 bits per heavy atom. The number of anilines is 1. The number of ketones is 1. The molecule has 1 aromatic heterocycles. The summed E-state index contributed by atoms with van der Waals surface area (Å²) in [7, 11) is 1.67. The van der Waals surface area contributed by atoms with Crippen LogP contribution in [0.3, 0.4) is 0 Å².